The predicted molar refractivity (Wildman–Crippen MR) is 67.0 cm³/mol. The molecule has 0 radical (unpaired) electrons. The van der Waals surface area contributed by atoms with Crippen molar-refractivity contribution >= 4 is 12.6 Å². The maximum Gasteiger partial charge on any atom is 0.158 e. The van der Waals surface area contributed by atoms with E-state index in [-0.39, 0.29) is 11.5 Å². The number of rotatable bonds is 2. The second-order valence-electron chi connectivity index (χ2n) is 3.39. The summed E-state index contributed by atoms with van der Waals surface area (Å²) in [5.41, 5.74) is 1.07. The first kappa shape index (κ1) is 13.4. The van der Waals surface area contributed by atoms with Crippen molar-refractivity contribution in [2.75, 3.05) is 0 Å². The molecule has 2 N–H and O–H groups in total. The first-order valence-electron chi connectivity index (χ1n) is 5.14. The molecule has 0 aliphatic carbocycles. The van der Waals surface area contributed by atoms with Gasteiger partial charge in [0.25, 0.3) is 0 Å². The van der Waals surface area contributed by atoms with Gasteiger partial charge in [-0.15, -0.1) is 0 Å². The summed E-state index contributed by atoms with van der Waals surface area (Å²) in [6.07, 6.45) is 1.43. The van der Waals surface area contributed by atoms with Crippen LogP contribution < -0.4 is 0 Å². The molecule has 0 saturated heterocycles. The van der Waals surface area contributed by atoms with Crippen LogP contribution in [0.3, 0.4) is 0 Å². The van der Waals surface area contributed by atoms with E-state index in [9.17, 15) is 9.59 Å². The molecule has 0 unspecified atom stereocenters. The Kier molecular flexibility index (Phi) is 5.12. The second kappa shape index (κ2) is 6.85. The van der Waals surface area contributed by atoms with Crippen molar-refractivity contribution in [3.8, 4) is 11.5 Å². The first-order chi connectivity index (χ1) is 8.67. The Morgan fingerprint density at radius 3 is 1.78 bits per heavy atom. The van der Waals surface area contributed by atoms with Crippen molar-refractivity contribution in [3.05, 3.63) is 59.7 Å². The molecular formula is C14H12O4. The topological polar surface area (TPSA) is 74.6 Å². The van der Waals surface area contributed by atoms with Crippen LogP contribution in [-0.4, -0.2) is 22.8 Å². The van der Waals surface area contributed by atoms with Crippen molar-refractivity contribution < 1.29 is 19.8 Å². The Morgan fingerprint density at radius 2 is 1.33 bits per heavy atom. The number of hydrogen-bond acceptors (Lipinski definition) is 4. The lowest BCUT2D eigenvalue weighted by Gasteiger charge is -1.95. The number of phenolic OH excluding ortho intramolecular Hbond substituents is 2. The molecule has 0 aliphatic heterocycles. The normalized spacial score (nSPS) is 8.89. The fraction of sp³-hybridized carbons (Fsp3) is 0. The maximum atomic E-state index is 10.1. The zero-order chi connectivity index (χ0) is 13.4. The van der Waals surface area contributed by atoms with E-state index in [0.29, 0.717) is 11.8 Å². The SMILES string of the molecule is O=Cc1ccc(O)c(O)c1.O=Cc1ccccc1. The van der Waals surface area contributed by atoms with Crippen molar-refractivity contribution in [1.82, 2.24) is 0 Å². The highest BCUT2D eigenvalue weighted by Crippen LogP contribution is 2.23. The molecule has 0 heterocycles. The van der Waals surface area contributed by atoms with Gasteiger partial charge in [-0.05, 0) is 18.2 Å². The average Bonchev–Trinajstić information content (AvgIpc) is 2.43. The quantitative estimate of drug-likeness (QED) is 0.628. The Balaban J connectivity index is 0.000000184. The second-order valence-corrected chi connectivity index (χ2v) is 3.39. The highest BCUT2D eigenvalue weighted by molar-refractivity contribution is 5.76. The standard InChI is InChI=1S/C7H6O3.C7H6O/c8-4-5-1-2-6(9)7(10)3-5;8-6-7-4-2-1-3-5-7/h1-4,9-10H;1-6H. The summed E-state index contributed by atoms with van der Waals surface area (Å²) in [7, 11) is 0. The fourth-order valence-corrected chi connectivity index (χ4v) is 1.15. The van der Waals surface area contributed by atoms with Crippen molar-refractivity contribution in [1.29, 1.82) is 0 Å². The van der Waals surface area contributed by atoms with Crippen LogP contribution in [0.4, 0.5) is 0 Å². The fourth-order valence-electron chi connectivity index (χ4n) is 1.15. The van der Waals surface area contributed by atoms with Gasteiger partial charge in [0.1, 0.15) is 12.6 Å². The van der Waals surface area contributed by atoms with Crippen LogP contribution in [-0.2, 0) is 0 Å². The number of benzene rings is 2. The molecule has 0 atom stereocenters. The molecule has 0 aliphatic rings. The van der Waals surface area contributed by atoms with Gasteiger partial charge < -0.3 is 10.2 Å². The lowest BCUT2D eigenvalue weighted by atomic mass is 10.2. The monoisotopic (exact) mass is 244 g/mol. The van der Waals surface area contributed by atoms with Crippen LogP contribution in [0.5, 0.6) is 11.5 Å². The van der Waals surface area contributed by atoms with Crippen LogP contribution in [0, 0.1) is 0 Å². The molecule has 4 nitrogen and oxygen atoms in total. The predicted octanol–water partition coefficient (Wildman–Crippen LogP) is 2.41. The van der Waals surface area contributed by atoms with Gasteiger partial charge in [-0.1, -0.05) is 30.3 Å². The van der Waals surface area contributed by atoms with Crippen LogP contribution in [0.1, 0.15) is 20.7 Å². The molecule has 0 bridgehead atoms. The Bertz CT molecular complexity index is 521. The lowest BCUT2D eigenvalue weighted by molar-refractivity contribution is 0.111. The average molecular weight is 244 g/mol. The van der Waals surface area contributed by atoms with Crippen LogP contribution in [0.25, 0.3) is 0 Å². The minimum absolute atomic E-state index is 0.217. The molecule has 0 aromatic heterocycles. The Morgan fingerprint density at radius 1 is 0.722 bits per heavy atom. The van der Waals surface area contributed by atoms with Gasteiger partial charge in [0.15, 0.2) is 11.5 Å². The molecule has 4 heteroatoms. The van der Waals surface area contributed by atoms with E-state index in [1.807, 2.05) is 18.2 Å². The molecule has 0 fully saturated rings. The van der Waals surface area contributed by atoms with Crippen molar-refractivity contribution in [2.24, 2.45) is 0 Å². The summed E-state index contributed by atoms with van der Waals surface area (Å²) in [6, 6.07) is 13.0. The molecule has 0 spiro atoms. The molecule has 0 amide bonds. The van der Waals surface area contributed by atoms with E-state index in [0.717, 1.165) is 11.8 Å². The number of hydrogen-bond donors (Lipinski definition) is 2. The summed E-state index contributed by atoms with van der Waals surface area (Å²) >= 11 is 0. The Labute approximate surface area is 104 Å². The number of carbonyl (C=O) groups is 2. The summed E-state index contributed by atoms with van der Waals surface area (Å²) in [5.74, 6) is -0.491. The van der Waals surface area contributed by atoms with Gasteiger partial charge in [0.05, 0.1) is 0 Å². The van der Waals surface area contributed by atoms with E-state index in [1.54, 1.807) is 12.1 Å². The zero-order valence-corrected chi connectivity index (χ0v) is 9.48. The highest BCUT2D eigenvalue weighted by Gasteiger charge is 1.97. The van der Waals surface area contributed by atoms with E-state index in [4.69, 9.17) is 10.2 Å². The van der Waals surface area contributed by atoms with Gasteiger partial charge in [-0.2, -0.15) is 0 Å². The zero-order valence-electron chi connectivity index (χ0n) is 9.48. The number of aromatic hydroxyl groups is 2. The smallest absolute Gasteiger partial charge is 0.158 e. The molecule has 18 heavy (non-hydrogen) atoms. The van der Waals surface area contributed by atoms with Crippen LogP contribution >= 0.6 is 0 Å². The number of carbonyl (C=O) groups excluding carboxylic acids is 2. The Hall–Kier alpha value is -2.62. The van der Waals surface area contributed by atoms with E-state index >= 15 is 0 Å². The third kappa shape index (κ3) is 4.09. The summed E-state index contributed by atoms with van der Waals surface area (Å²) in [5, 5.41) is 17.6. The van der Waals surface area contributed by atoms with Crippen molar-refractivity contribution in [3.63, 3.8) is 0 Å². The molecule has 92 valence electrons. The van der Waals surface area contributed by atoms with Gasteiger partial charge >= 0.3 is 0 Å². The summed E-state index contributed by atoms with van der Waals surface area (Å²) in [4.78, 5) is 20.1. The summed E-state index contributed by atoms with van der Waals surface area (Å²) < 4.78 is 0. The molecule has 2 rings (SSSR count). The highest BCUT2D eigenvalue weighted by atomic mass is 16.3. The first-order valence-corrected chi connectivity index (χ1v) is 5.14. The van der Waals surface area contributed by atoms with E-state index in [2.05, 4.69) is 0 Å². The minimum atomic E-state index is -0.274. The van der Waals surface area contributed by atoms with Crippen molar-refractivity contribution in [2.45, 2.75) is 0 Å². The summed E-state index contributed by atoms with van der Waals surface area (Å²) in [6.45, 7) is 0. The third-order valence-electron chi connectivity index (χ3n) is 2.07. The van der Waals surface area contributed by atoms with Crippen LogP contribution in [0.15, 0.2) is 48.5 Å². The number of phenols is 2. The molecule has 0 saturated carbocycles. The van der Waals surface area contributed by atoms with Gasteiger partial charge in [-0.25, -0.2) is 0 Å². The molecular weight excluding hydrogens is 232 g/mol. The van der Waals surface area contributed by atoms with Gasteiger partial charge in [0, 0.05) is 11.1 Å². The van der Waals surface area contributed by atoms with E-state index in [1.165, 1.54) is 18.2 Å². The number of aldehydes is 2. The lowest BCUT2D eigenvalue weighted by Crippen LogP contribution is -1.77. The van der Waals surface area contributed by atoms with E-state index < -0.39 is 0 Å². The molecule has 2 aromatic carbocycles. The third-order valence-corrected chi connectivity index (χ3v) is 2.07. The van der Waals surface area contributed by atoms with Crippen LogP contribution in [0.2, 0.25) is 0 Å². The largest absolute Gasteiger partial charge is 0.504 e. The van der Waals surface area contributed by atoms with Gasteiger partial charge in [-0.3, -0.25) is 9.59 Å². The molecule has 2 aromatic rings. The van der Waals surface area contributed by atoms with Gasteiger partial charge in [0.2, 0.25) is 0 Å². The minimum Gasteiger partial charge on any atom is -0.504 e. The maximum absolute atomic E-state index is 10.1.